The fourth-order valence-electron chi connectivity index (χ4n) is 1.75. The van der Waals surface area contributed by atoms with Gasteiger partial charge >= 0.3 is 0 Å². The highest BCUT2D eigenvalue weighted by Crippen LogP contribution is 2.22. The molecule has 0 radical (unpaired) electrons. The number of benzene rings is 1. The molecule has 0 amide bonds. The van der Waals surface area contributed by atoms with Gasteiger partial charge < -0.3 is 19.9 Å². The van der Waals surface area contributed by atoms with Gasteiger partial charge in [0.2, 0.25) is 0 Å². The molecule has 0 spiro atoms. The van der Waals surface area contributed by atoms with Crippen molar-refractivity contribution in [3.8, 4) is 11.5 Å². The molecule has 0 fully saturated rings. The van der Waals surface area contributed by atoms with Crippen LogP contribution in [0.15, 0.2) is 40.2 Å². The first kappa shape index (κ1) is 16.3. The summed E-state index contributed by atoms with van der Waals surface area (Å²) in [5.41, 5.74) is 0. The second-order valence-electron chi connectivity index (χ2n) is 4.47. The Balaban J connectivity index is 1.69. The summed E-state index contributed by atoms with van der Waals surface area (Å²) >= 11 is 5.16. The Hall–Kier alpha value is -1.08. The van der Waals surface area contributed by atoms with E-state index in [1.807, 2.05) is 29.6 Å². The van der Waals surface area contributed by atoms with Crippen molar-refractivity contribution in [1.29, 1.82) is 0 Å². The molecule has 0 saturated carbocycles. The highest BCUT2D eigenvalue weighted by atomic mass is 79.9. The summed E-state index contributed by atoms with van der Waals surface area (Å²) in [6.07, 6.45) is -0.560. The Kier molecular flexibility index (Phi) is 6.50. The van der Waals surface area contributed by atoms with Gasteiger partial charge in [-0.25, -0.2) is 0 Å². The number of hydrogen-bond donors (Lipinski definition) is 2. The zero-order valence-electron chi connectivity index (χ0n) is 11.7. The maximum Gasteiger partial charge on any atom is 0.123 e. The quantitative estimate of drug-likeness (QED) is 0.748. The Morgan fingerprint density at radius 1 is 1.33 bits per heavy atom. The van der Waals surface area contributed by atoms with Gasteiger partial charge in [-0.1, -0.05) is 6.07 Å². The molecule has 1 aromatic heterocycles. The molecule has 0 bridgehead atoms. The summed E-state index contributed by atoms with van der Waals surface area (Å²) in [6, 6.07) is 9.36. The Morgan fingerprint density at radius 3 is 2.86 bits per heavy atom. The van der Waals surface area contributed by atoms with Crippen LogP contribution < -0.4 is 14.8 Å². The number of rotatable bonds is 8. The first-order valence-corrected chi connectivity index (χ1v) is 8.24. The fraction of sp³-hybridized carbons (Fsp3) is 0.333. The van der Waals surface area contributed by atoms with Crippen LogP contribution in [0.2, 0.25) is 0 Å². The largest absolute Gasteiger partial charge is 0.497 e. The van der Waals surface area contributed by atoms with E-state index in [1.54, 1.807) is 24.5 Å². The van der Waals surface area contributed by atoms with Crippen LogP contribution in [-0.4, -0.2) is 31.5 Å². The van der Waals surface area contributed by atoms with Gasteiger partial charge in [-0.05, 0) is 39.5 Å². The minimum Gasteiger partial charge on any atom is -0.497 e. The van der Waals surface area contributed by atoms with Crippen LogP contribution in [0, 0.1) is 0 Å². The maximum atomic E-state index is 9.91. The van der Waals surface area contributed by atoms with E-state index in [0.717, 1.165) is 16.8 Å². The summed E-state index contributed by atoms with van der Waals surface area (Å²) in [5.74, 6) is 1.43. The number of aliphatic hydroxyl groups is 1. The molecule has 0 aliphatic heterocycles. The third-order valence-corrected chi connectivity index (χ3v) is 4.77. The molecule has 21 heavy (non-hydrogen) atoms. The fourth-order valence-corrected chi connectivity index (χ4v) is 3.21. The molecule has 0 saturated heterocycles. The molecule has 1 unspecified atom stereocenters. The third-order valence-electron chi connectivity index (χ3n) is 2.84. The lowest BCUT2D eigenvalue weighted by atomic mass is 10.3. The molecule has 0 aliphatic rings. The van der Waals surface area contributed by atoms with Crippen molar-refractivity contribution in [2.45, 2.75) is 12.6 Å². The van der Waals surface area contributed by atoms with Gasteiger partial charge in [0.15, 0.2) is 0 Å². The van der Waals surface area contributed by atoms with Crippen LogP contribution in [0.3, 0.4) is 0 Å². The summed E-state index contributed by atoms with van der Waals surface area (Å²) in [4.78, 5) is 1.22. The van der Waals surface area contributed by atoms with Crippen molar-refractivity contribution in [3.05, 3.63) is 45.1 Å². The number of thiophene rings is 1. The molecule has 0 aliphatic carbocycles. The first-order valence-electron chi connectivity index (χ1n) is 6.56. The number of aliphatic hydroxyl groups excluding tert-OH is 1. The van der Waals surface area contributed by atoms with Crippen molar-refractivity contribution in [2.24, 2.45) is 0 Å². The van der Waals surface area contributed by atoms with Crippen LogP contribution in [0.1, 0.15) is 4.88 Å². The van der Waals surface area contributed by atoms with Gasteiger partial charge in [-0.15, -0.1) is 11.3 Å². The van der Waals surface area contributed by atoms with Crippen molar-refractivity contribution >= 4 is 27.3 Å². The van der Waals surface area contributed by atoms with Gasteiger partial charge in [-0.2, -0.15) is 0 Å². The SMILES string of the molecule is COc1cccc(OCC(O)CNCc2sccc2Br)c1. The van der Waals surface area contributed by atoms with Gasteiger partial charge in [-0.3, -0.25) is 0 Å². The number of halogens is 1. The standard InChI is InChI=1S/C15H18BrNO3S/c1-19-12-3-2-4-13(7-12)20-10-11(18)8-17-9-15-14(16)5-6-21-15/h2-7,11,17-18H,8-10H2,1H3. The van der Waals surface area contributed by atoms with E-state index in [1.165, 1.54) is 4.88 Å². The molecular weight excluding hydrogens is 354 g/mol. The Bertz CT molecular complexity index is 561. The van der Waals surface area contributed by atoms with Crippen LogP contribution in [0.5, 0.6) is 11.5 Å². The van der Waals surface area contributed by atoms with Crippen LogP contribution in [-0.2, 0) is 6.54 Å². The molecule has 1 heterocycles. The summed E-state index contributed by atoms with van der Waals surface area (Å²) < 4.78 is 11.8. The average molecular weight is 372 g/mol. The number of ether oxygens (including phenoxy) is 2. The molecule has 114 valence electrons. The van der Waals surface area contributed by atoms with E-state index in [9.17, 15) is 5.11 Å². The van der Waals surface area contributed by atoms with Crippen molar-refractivity contribution < 1.29 is 14.6 Å². The third kappa shape index (κ3) is 5.32. The topological polar surface area (TPSA) is 50.7 Å². The number of nitrogens with one attached hydrogen (secondary N) is 1. The lowest BCUT2D eigenvalue weighted by molar-refractivity contribution is 0.106. The summed E-state index contributed by atoms with van der Waals surface area (Å²) in [7, 11) is 1.61. The van der Waals surface area contributed by atoms with Crippen LogP contribution >= 0.6 is 27.3 Å². The molecule has 6 heteroatoms. The Labute approximate surface area is 136 Å². The van der Waals surface area contributed by atoms with E-state index in [0.29, 0.717) is 12.3 Å². The highest BCUT2D eigenvalue weighted by molar-refractivity contribution is 9.10. The zero-order chi connectivity index (χ0) is 15.1. The van der Waals surface area contributed by atoms with E-state index < -0.39 is 6.10 Å². The lowest BCUT2D eigenvalue weighted by Crippen LogP contribution is -2.31. The maximum absolute atomic E-state index is 9.91. The second-order valence-corrected chi connectivity index (χ2v) is 6.32. The predicted molar refractivity (Wildman–Crippen MR) is 88.2 cm³/mol. The first-order chi connectivity index (χ1) is 10.2. The predicted octanol–water partition coefficient (Wildman–Crippen LogP) is 3.05. The van der Waals surface area contributed by atoms with Gasteiger partial charge in [0.25, 0.3) is 0 Å². The molecule has 2 rings (SSSR count). The van der Waals surface area contributed by atoms with Gasteiger partial charge in [0.1, 0.15) is 24.2 Å². The minimum atomic E-state index is -0.560. The van der Waals surface area contributed by atoms with Crippen LogP contribution in [0.4, 0.5) is 0 Å². The average Bonchev–Trinajstić information content (AvgIpc) is 2.91. The lowest BCUT2D eigenvalue weighted by Gasteiger charge is -2.13. The highest BCUT2D eigenvalue weighted by Gasteiger charge is 2.07. The monoisotopic (exact) mass is 371 g/mol. The summed E-state index contributed by atoms with van der Waals surface area (Å²) in [5, 5.41) is 15.2. The Morgan fingerprint density at radius 2 is 2.14 bits per heavy atom. The zero-order valence-corrected chi connectivity index (χ0v) is 14.1. The van der Waals surface area contributed by atoms with E-state index in [-0.39, 0.29) is 6.61 Å². The molecule has 1 atom stereocenters. The number of methoxy groups -OCH3 is 1. The smallest absolute Gasteiger partial charge is 0.123 e. The number of hydrogen-bond acceptors (Lipinski definition) is 5. The van der Waals surface area contributed by atoms with E-state index >= 15 is 0 Å². The van der Waals surface area contributed by atoms with Crippen molar-refractivity contribution in [2.75, 3.05) is 20.3 Å². The van der Waals surface area contributed by atoms with Crippen molar-refractivity contribution in [1.82, 2.24) is 5.32 Å². The summed E-state index contributed by atoms with van der Waals surface area (Å²) in [6.45, 7) is 1.45. The van der Waals surface area contributed by atoms with Gasteiger partial charge in [0, 0.05) is 28.5 Å². The van der Waals surface area contributed by atoms with Crippen LogP contribution in [0.25, 0.3) is 0 Å². The molecule has 2 aromatic rings. The normalized spacial score (nSPS) is 12.1. The van der Waals surface area contributed by atoms with Crippen molar-refractivity contribution in [3.63, 3.8) is 0 Å². The molecule has 1 aromatic carbocycles. The van der Waals surface area contributed by atoms with Gasteiger partial charge in [0.05, 0.1) is 7.11 Å². The molecular formula is C15H18BrNO3S. The van der Waals surface area contributed by atoms with E-state index in [2.05, 4.69) is 21.2 Å². The molecule has 4 nitrogen and oxygen atoms in total. The second kappa shape index (κ2) is 8.38. The molecule has 2 N–H and O–H groups in total. The van der Waals surface area contributed by atoms with E-state index in [4.69, 9.17) is 9.47 Å². The minimum absolute atomic E-state index is 0.242.